The highest BCUT2D eigenvalue weighted by atomic mass is 16.5. The number of rotatable bonds is 6. The van der Waals surface area contributed by atoms with Gasteiger partial charge in [0.1, 0.15) is 11.6 Å². The molecule has 2 heterocycles. The summed E-state index contributed by atoms with van der Waals surface area (Å²) in [6.45, 7) is 3.35. The number of benzene rings is 3. The van der Waals surface area contributed by atoms with Crippen LogP contribution in [0.2, 0.25) is 0 Å². The van der Waals surface area contributed by atoms with Gasteiger partial charge in [0, 0.05) is 6.54 Å². The second-order valence-electron chi connectivity index (χ2n) is 7.48. The van der Waals surface area contributed by atoms with Crippen LogP contribution in [0.15, 0.2) is 77.9 Å². The minimum Gasteiger partial charge on any atom is -0.493 e. The molecule has 154 valence electrons. The van der Waals surface area contributed by atoms with E-state index in [1.807, 2.05) is 59.2 Å². The average Bonchev–Trinajstić information content (AvgIpc) is 3.19. The Morgan fingerprint density at radius 1 is 1.00 bits per heavy atom. The molecule has 5 rings (SSSR count). The Morgan fingerprint density at radius 3 is 2.65 bits per heavy atom. The molecule has 0 atom stereocenters. The molecule has 31 heavy (non-hydrogen) atoms. The van der Waals surface area contributed by atoms with Gasteiger partial charge in [0.05, 0.1) is 40.4 Å². The van der Waals surface area contributed by atoms with Gasteiger partial charge in [-0.25, -0.2) is 9.97 Å². The molecule has 0 saturated carbocycles. The molecular formula is C25H22N4O2. The average molecular weight is 410 g/mol. The standard InChI is InChI=1S/C25H22N4O2/c1-2-12-31-23-11-7-6-10-18(23)24-27-20-14-21-22(13-19(20)25(30)28-24)29(16-26-21)15-17-8-4-3-5-9-17/h3-11,13-14,16H,2,12,15H2,1H3,(H,27,28,30). The molecule has 0 aliphatic rings. The molecule has 1 N–H and O–H groups in total. The summed E-state index contributed by atoms with van der Waals surface area (Å²) < 4.78 is 7.89. The highest BCUT2D eigenvalue weighted by Gasteiger charge is 2.13. The van der Waals surface area contributed by atoms with E-state index in [2.05, 4.69) is 29.0 Å². The van der Waals surface area contributed by atoms with Crippen LogP contribution in [0, 0.1) is 0 Å². The number of hydrogen-bond acceptors (Lipinski definition) is 4. The van der Waals surface area contributed by atoms with Crippen LogP contribution in [-0.4, -0.2) is 26.1 Å². The van der Waals surface area contributed by atoms with Crippen molar-refractivity contribution in [1.29, 1.82) is 0 Å². The van der Waals surface area contributed by atoms with Crippen molar-refractivity contribution in [3.63, 3.8) is 0 Å². The van der Waals surface area contributed by atoms with E-state index < -0.39 is 0 Å². The van der Waals surface area contributed by atoms with Crippen LogP contribution in [-0.2, 0) is 6.54 Å². The Morgan fingerprint density at radius 2 is 1.81 bits per heavy atom. The zero-order chi connectivity index (χ0) is 21.2. The third-order valence-electron chi connectivity index (χ3n) is 5.25. The van der Waals surface area contributed by atoms with Crippen LogP contribution < -0.4 is 10.3 Å². The van der Waals surface area contributed by atoms with Crippen molar-refractivity contribution in [1.82, 2.24) is 19.5 Å². The summed E-state index contributed by atoms with van der Waals surface area (Å²) in [6, 6.07) is 21.5. The number of aromatic amines is 1. The van der Waals surface area contributed by atoms with E-state index in [0.717, 1.165) is 23.0 Å². The Labute approximate surface area is 179 Å². The third kappa shape index (κ3) is 3.68. The predicted molar refractivity (Wildman–Crippen MR) is 122 cm³/mol. The van der Waals surface area contributed by atoms with Crippen molar-refractivity contribution in [3.05, 3.63) is 89.0 Å². The lowest BCUT2D eigenvalue weighted by atomic mass is 10.1. The van der Waals surface area contributed by atoms with Crippen molar-refractivity contribution in [3.8, 4) is 17.1 Å². The first-order valence-electron chi connectivity index (χ1n) is 10.4. The lowest BCUT2D eigenvalue weighted by molar-refractivity contribution is 0.318. The number of nitrogens with zero attached hydrogens (tertiary/aromatic N) is 3. The second kappa shape index (κ2) is 8.07. The highest BCUT2D eigenvalue weighted by Crippen LogP contribution is 2.28. The number of nitrogens with one attached hydrogen (secondary N) is 1. The van der Waals surface area contributed by atoms with E-state index >= 15 is 0 Å². The van der Waals surface area contributed by atoms with Gasteiger partial charge >= 0.3 is 0 Å². The molecule has 0 aliphatic carbocycles. The number of aromatic nitrogens is 4. The van der Waals surface area contributed by atoms with Crippen LogP contribution in [0.25, 0.3) is 33.3 Å². The lowest BCUT2D eigenvalue weighted by Gasteiger charge is -2.11. The molecule has 5 aromatic rings. The summed E-state index contributed by atoms with van der Waals surface area (Å²) in [5, 5.41) is 0.540. The predicted octanol–water partition coefficient (Wildman–Crippen LogP) is 4.78. The quantitative estimate of drug-likeness (QED) is 0.437. The number of H-pyrrole nitrogens is 1. The van der Waals surface area contributed by atoms with Crippen LogP contribution in [0.3, 0.4) is 0 Å². The Hall–Kier alpha value is -3.93. The van der Waals surface area contributed by atoms with Crippen molar-refractivity contribution in [2.75, 3.05) is 6.61 Å². The molecule has 0 amide bonds. The Bertz CT molecular complexity index is 1420. The molecular weight excluding hydrogens is 388 g/mol. The van der Waals surface area contributed by atoms with Gasteiger partial charge in [-0.15, -0.1) is 0 Å². The number of para-hydroxylation sites is 1. The van der Waals surface area contributed by atoms with Gasteiger partial charge in [-0.1, -0.05) is 49.4 Å². The minimum absolute atomic E-state index is 0.181. The van der Waals surface area contributed by atoms with E-state index in [4.69, 9.17) is 9.72 Å². The molecule has 6 heteroatoms. The summed E-state index contributed by atoms with van der Waals surface area (Å²) in [6.07, 6.45) is 2.71. The minimum atomic E-state index is -0.181. The molecule has 3 aromatic carbocycles. The van der Waals surface area contributed by atoms with Crippen molar-refractivity contribution < 1.29 is 4.74 Å². The van der Waals surface area contributed by atoms with Crippen molar-refractivity contribution in [2.45, 2.75) is 19.9 Å². The summed E-state index contributed by atoms with van der Waals surface area (Å²) >= 11 is 0. The summed E-state index contributed by atoms with van der Waals surface area (Å²) in [5.74, 6) is 1.20. The maximum Gasteiger partial charge on any atom is 0.259 e. The fourth-order valence-electron chi connectivity index (χ4n) is 3.72. The van der Waals surface area contributed by atoms with Crippen LogP contribution in [0.5, 0.6) is 5.75 Å². The molecule has 0 fully saturated rings. The largest absolute Gasteiger partial charge is 0.493 e. The van der Waals surface area contributed by atoms with E-state index in [1.165, 1.54) is 5.56 Å². The molecule has 0 saturated heterocycles. The summed E-state index contributed by atoms with van der Waals surface area (Å²) in [5.41, 5.74) is 4.09. The fourth-order valence-corrected chi connectivity index (χ4v) is 3.72. The first kappa shape index (κ1) is 19.1. The van der Waals surface area contributed by atoms with E-state index in [9.17, 15) is 4.79 Å². The maximum atomic E-state index is 13.0. The Kier molecular flexibility index (Phi) is 4.96. The summed E-state index contributed by atoms with van der Waals surface area (Å²) in [7, 11) is 0. The van der Waals surface area contributed by atoms with Crippen molar-refractivity contribution in [2.24, 2.45) is 0 Å². The molecule has 6 nitrogen and oxygen atoms in total. The number of ether oxygens (including phenoxy) is 1. The van der Waals surface area contributed by atoms with Gasteiger partial charge < -0.3 is 14.3 Å². The molecule has 2 aromatic heterocycles. The molecule has 0 spiro atoms. The number of imidazole rings is 1. The van der Waals surface area contributed by atoms with Gasteiger partial charge in [0.15, 0.2) is 0 Å². The zero-order valence-corrected chi connectivity index (χ0v) is 17.2. The monoisotopic (exact) mass is 410 g/mol. The van der Waals surface area contributed by atoms with Gasteiger partial charge in [-0.2, -0.15) is 0 Å². The number of fused-ring (bicyclic) bond motifs is 2. The van der Waals surface area contributed by atoms with Crippen molar-refractivity contribution >= 4 is 21.9 Å². The van der Waals surface area contributed by atoms with Crippen LogP contribution in [0.1, 0.15) is 18.9 Å². The Balaban J connectivity index is 1.60. The SMILES string of the molecule is CCCOc1ccccc1-c1nc2cc3ncn(Cc4ccccc4)c3cc2c(=O)[nH]1. The number of hydrogen-bond donors (Lipinski definition) is 1. The third-order valence-corrected chi connectivity index (χ3v) is 5.25. The lowest BCUT2D eigenvalue weighted by Crippen LogP contribution is -2.10. The zero-order valence-electron chi connectivity index (χ0n) is 17.2. The van der Waals surface area contributed by atoms with Gasteiger partial charge in [-0.05, 0) is 36.2 Å². The summed E-state index contributed by atoms with van der Waals surface area (Å²) in [4.78, 5) is 25.2. The van der Waals surface area contributed by atoms with Gasteiger partial charge in [0.25, 0.3) is 5.56 Å². The smallest absolute Gasteiger partial charge is 0.259 e. The first-order chi connectivity index (χ1) is 15.2. The normalized spacial score (nSPS) is 11.3. The topological polar surface area (TPSA) is 72.8 Å². The molecule has 0 radical (unpaired) electrons. The van der Waals surface area contributed by atoms with Gasteiger partial charge in [0.2, 0.25) is 0 Å². The van der Waals surface area contributed by atoms with Crippen LogP contribution >= 0.6 is 0 Å². The highest BCUT2D eigenvalue weighted by molar-refractivity contribution is 5.93. The molecule has 0 bridgehead atoms. The molecule has 0 unspecified atom stereocenters. The molecule has 0 aliphatic heterocycles. The second-order valence-corrected chi connectivity index (χ2v) is 7.48. The van der Waals surface area contributed by atoms with Crippen LogP contribution in [0.4, 0.5) is 0 Å². The fraction of sp³-hybridized carbons (Fsp3) is 0.160. The van der Waals surface area contributed by atoms with Gasteiger partial charge in [-0.3, -0.25) is 4.79 Å². The van der Waals surface area contributed by atoms with E-state index in [-0.39, 0.29) is 5.56 Å². The van der Waals surface area contributed by atoms with E-state index in [0.29, 0.717) is 35.6 Å². The van der Waals surface area contributed by atoms with E-state index in [1.54, 1.807) is 6.33 Å². The first-order valence-corrected chi connectivity index (χ1v) is 10.4. The maximum absolute atomic E-state index is 13.0.